The highest BCUT2D eigenvalue weighted by Gasteiger charge is 2.25. The molecule has 2 aromatic carbocycles. The van der Waals surface area contributed by atoms with E-state index < -0.39 is 4.92 Å². The van der Waals surface area contributed by atoms with Crippen LogP contribution in [0.15, 0.2) is 75.0 Å². The fraction of sp³-hybridized carbons (Fsp3) is 0. The van der Waals surface area contributed by atoms with Gasteiger partial charge in [0, 0.05) is 12.1 Å². The van der Waals surface area contributed by atoms with Crippen molar-refractivity contribution >= 4 is 51.9 Å². The molecule has 1 aliphatic heterocycles. The van der Waals surface area contributed by atoms with E-state index in [1.165, 1.54) is 6.07 Å². The molecular weight excluding hydrogens is 414 g/mol. The summed E-state index contributed by atoms with van der Waals surface area (Å²) >= 11 is 7.25. The molecule has 1 saturated heterocycles. The number of thioether (sulfide) groups is 1. The van der Waals surface area contributed by atoms with Crippen molar-refractivity contribution in [2.45, 2.75) is 0 Å². The first kappa shape index (κ1) is 19.0. The summed E-state index contributed by atoms with van der Waals surface area (Å²) in [7, 11) is 0. The minimum Gasteiger partial charge on any atom is -0.456 e. The smallest absolute Gasteiger partial charge is 0.280 e. The summed E-state index contributed by atoms with van der Waals surface area (Å²) in [4.78, 5) is 27.7. The predicted molar refractivity (Wildman–Crippen MR) is 113 cm³/mol. The van der Waals surface area contributed by atoms with Gasteiger partial charge >= 0.3 is 0 Å². The van der Waals surface area contributed by atoms with E-state index in [4.69, 9.17) is 16.0 Å². The summed E-state index contributed by atoms with van der Waals surface area (Å²) in [5.41, 5.74) is 0.865. The number of halogens is 1. The largest absolute Gasteiger partial charge is 0.456 e. The molecular formula is C20H12ClN3O4S. The number of nitrogens with one attached hydrogen (secondary N) is 1. The van der Waals surface area contributed by atoms with Crippen molar-refractivity contribution in [2.24, 2.45) is 4.99 Å². The Morgan fingerprint density at radius 2 is 1.86 bits per heavy atom. The minimum atomic E-state index is -0.465. The number of nitro groups is 1. The second kappa shape index (κ2) is 7.94. The van der Waals surface area contributed by atoms with E-state index >= 15 is 0 Å². The number of carbonyl (C=O) groups excluding carboxylic acids is 1. The van der Waals surface area contributed by atoms with Crippen LogP contribution in [0, 0.1) is 10.1 Å². The van der Waals surface area contributed by atoms with E-state index in [2.05, 4.69) is 10.3 Å². The molecule has 144 valence electrons. The van der Waals surface area contributed by atoms with Crippen molar-refractivity contribution < 1.29 is 14.1 Å². The van der Waals surface area contributed by atoms with Crippen LogP contribution in [0.4, 0.5) is 11.4 Å². The van der Waals surface area contributed by atoms with Crippen LogP contribution in [-0.2, 0) is 4.79 Å². The van der Waals surface area contributed by atoms with Crippen LogP contribution in [0.1, 0.15) is 5.76 Å². The van der Waals surface area contributed by atoms with E-state index in [0.717, 1.165) is 11.8 Å². The van der Waals surface area contributed by atoms with Crippen molar-refractivity contribution in [2.75, 3.05) is 0 Å². The number of amidine groups is 1. The van der Waals surface area contributed by atoms with Gasteiger partial charge in [-0.15, -0.1) is 0 Å². The Bertz CT molecular complexity index is 1190. The summed E-state index contributed by atoms with van der Waals surface area (Å²) in [6.45, 7) is 0. The molecule has 2 heterocycles. The summed E-state index contributed by atoms with van der Waals surface area (Å²) in [5, 5.41) is 14.8. The summed E-state index contributed by atoms with van der Waals surface area (Å²) in [6.07, 6.45) is 1.56. The SMILES string of the molecule is O=C1NC(=Nc2ccccc2Cl)S/C1=C\c1ccc(-c2ccccc2[N+](=O)[O-])o1. The quantitative estimate of drug-likeness (QED) is 0.343. The lowest BCUT2D eigenvalue weighted by molar-refractivity contribution is -0.384. The van der Waals surface area contributed by atoms with E-state index in [-0.39, 0.29) is 11.6 Å². The molecule has 1 fully saturated rings. The Kier molecular flexibility index (Phi) is 5.20. The molecule has 0 aliphatic carbocycles. The van der Waals surface area contributed by atoms with Gasteiger partial charge in [-0.3, -0.25) is 14.9 Å². The highest BCUT2D eigenvalue weighted by molar-refractivity contribution is 8.18. The summed E-state index contributed by atoms with van der Waals surface area (Å²) in [6, 6.07) is 16.6. The molecule has 0 spiro atoms. The number of carbonyl (C=O) groups is 1. The molecule has 1 aromatic heterocycles. The zero-order valence-electron chi connectivity index (χ0n) is 14.7. The second-order valence-electron chi connectivity index (χ2n) is 5.91. The van der Waals surface area contributed by atoms with Gasteiger partial charge in [0.1, 0.15) is 11.5 Å². The highest BCUT2D eigenvalue weighted by atomic mass is 35.5. The van der Waals surface area contributed by atoms with E-state index in [1.807, 2.05) is 0 Å². The van der Waals surface area contributed by atoms with Crippen molar-refractivity contribution in [3.05, 3.63) is 86.5 Å². The number of benzene rings is 2. The van der Waals surface area contributed by atoms with Gasteiger partial charge in [-0.1, -0.05) is 35.9 Å². The van der Waals surface area contributed by atoms with Gasteiger partial charge in [0.05, 0.1) is 26.1 Å². The maximum atomic E-state index is 12.2. The molecule has 1 aliphatic rings. The molecule has 7 nitrogen and oxygen atoms in total. The Hall–Kier alpha value is -3.36. The molecule has 0 radical (unpaired) electrons. The minimum absolute atomic E-state index is 0.0526. The van der Waals surface area contributed by atoms with Gasteiger partial charge in [0.25, 0.3) is 11.6 Å². The zero-order chi connectivity index (χ0) is 20.4. The lowest BCUT2D eigenvalue weighted by Gasteiger charge is -1.98. The van der Waals surface area contributed by atoms with Crippen molar-refractivity contribution in [3.63, 3.8) is 0 Å². The van der Waals surface area contributed by atoms with Crippen LogP contribution in [-0.4, -0.2) is 16.0 Å². The second-order valence-corrected chi connectivity index (χ2v) is 7.35. The Morgan fingerprint density at radius 3 is 2.66 bits per heavy atom. The Labute approximate surface area is 174 Å². The van der Waals surface area contributed by atoms with E-state index in [9.17, 15) is 14.9 Å². The summed E-state index contributed by atoms with van der Waals surface area (Å²) < 4.78 is 5.71. The average Bonchev–Trinajstić information content (AvgIpc) is 3.30. The number of aliphatic imine (C=N–C) groups is 1. The standard InChI is InChI=1S/C20H12ClN3O4S/c21-14-6-2-3-7-15(14)22-20-23-19(25)18(29-20)11-12-9-10-17(28-12)13-5-1-4-8-16(13)24(26)27/h1-11H,(H,22,23,25)/b18-11-. The molecule has 9 heteroatoms. The molecule has 0 atom stereocenters. The van der Waals surface area contributed by atoms with Gasteiger partial charge < -0.3 is 9.73 Å². The number of para-hydroxylation sites is 2. The lowest BCUT2D eigenvalue weighted by atomic mass is 10.1. The molecule has 3 aromatic rings. The molecule has 4 rings (SSSR count). The van der Waals surface area contributed by atoms with Gasteiger partial charge in [-0.2, -0.15) is 0 Å². The monoisotopic (exact) mass is 425 g/mol. The molecule has 1 amide bonds. The third kappa shape index (κ3) is 4.08. The maximum absolute atomic E-state index is 12.2. The lowest BCUT2D eigenvalue weighted by Crippen LogP contribution is -2.19. The first-order chi connectivity index (χ1) is 14.0. The van der Waals surface area contributed by atoms with Gasteiger partial charge in [-0.25, -0.2) is 4.99 Å². The first-order valence-electron chi connectivity index (χ1n) is 8.39. The van der Waals surface area contributed by atoms with Gasteiger partial charge in [0.15, 0.2) is 5.17 Å². The van der Waals surface area contributed by atoms with Crippen LogP contribution in [0.25, 0.3) is 17.4 Å². The maximum Gasteiger partial charge on any atom is 0.280 e. The highest BCUT2D eigenvalue weighted by Crippen LogP contribution is 2.34. The van der Waals surface area contributed by atoms with Crippen molar-refractivity contribution in [1.29, 1.82) is 0 Å². The molecule has 0 unspecified atom stereocenters. The van der Waals surface area contributed by atoms with Crippen LogP contribution in [0.5, 0.6) is 0 Å². The van der Waals surface area contributed by atoms with Crippen molar-refractivity contribution in [1.82, 2.24) is 5.32 Å². The fourth-order valence-electron chi connectivity index (χ4n) is 2.68. The number of nitro benzene ring substituents is 1. The van der Waals surface area contributed by atoms with Gasteiger partial charge in [0.2, 0.25) is 0 Å². The number of hydrogen-bond acceptors (Lipinski definition) is 6. The molecule has 29 heavy (non-hydrogen) atoms. The number of nitrogens with zero attached hydrogens (tertiary/aromatic N) is 2. The number of furan rings is 1. The van der Waals surface area contributed by atoms with E-state index in [1.54, 1.807) is 60.7 Å². The topological polar surface area (TPSA) is 97.7 Å². The molecule has 0 saturated carbocycles. The van der Waals surface area contributed by atoms with Crippen molar-refractivity contribution in [3.8, 4) is 11.3 Å². The summed E-state index contributed by atoms with van der Waals surface area (Å²) in [5.74, 6) is 0.428. The number of rotatable bonds is 4. The first-order valence-corrected chi connectivity index (χ1v) is 9.58. The van der Waals surface area contributed by atoms with Crippen LogP contribution >= 0.6 is 23.4 Å². The predicted octanol–water partition coefficient (Wildman–Crippen LogP) is 5.40. The number of amides is 1. The number of hydrogen-bond donors (Lipinski definition) is 1. The van der Waals surface area contributed by atoms with Crippen LogP contribution in [0.2, 0.25) is 5.02 Å². The van der Waals surface area contributed by atoms with E-state index in [0.29, 0.717) is 37.9 Å². The van der Waals surface area contributed by atoms with Crippen LogP contribution < -0.4 is 5.32 Å². The zero-order valence-corrected chi connectivity index (χ0v) is 16.2. The average molecular weight is 426 g/mol. The Balaban J connectivity index is 1.59. The molecule has 1 N–H and O–H groups in total. The Morgan fingerprint density at radius 1 is 1.10 bits per heavy atom. The normalized spacial score (nSPS) is 16.4. The van der Waals surface area contributed by atoms with Gasteiger partial charge in [-0.05, 0) is 42.1 Å². The fourth-order valence-corrected chi connectivity index (χ4v) is 3.67. The van der Waals surface area contributed by atoms with Crippen LogP contribution in [0.3, 0.4) is 0 Å². The third-order valence-corrected chi connectivity index (χ3v) is 5.22. The third-order valence-electron chi connectivity index (χ3n) is 3.99. The molecule has 0 bridgehead atoms.